The molecule has 34 heavy (non-hydrogen) atoms. The number of fused-ring (bicyclic) bond motifs is 1. The molecule has 1 atom stereocenters. The lowest BCUT2D eigenvalue weighted by Crippen LogP contribution is -2.36. The molecule has 1 heterocycles. The molecule has 0 bridgehead atoms. The van der Waals surface area contributed by atoms with Crippen molar-refractivity contribution in [3.05, 3.63) is 33.8 Å². The third kappa shape index (κ3) is 8.70. The van der Waals surface area contributed by atoms with Gasteiger partial charge in [-0.2, -0.15) is 0 Å². The zero-order chi connectivity index (χ0) is 25.5. The lowest BCUT2D eigenvalue weighted by atomic mass is 9.76. The molecule has 1 aromatic heterocycles. The second-order valence-corrected chi connectivity index (χ2v) is 15.2. The van der Waals surface area contributed by atoms with E-state index >= 15 is 0 Å². The van der Waals surface area contributed by atoms with Gasteiger partial charge in [-0.25, -0.2) is 0 Å². The van der Waals surface area contributed by atoms with Gasteiger partial charge in [-0.1, -0.05) is 67.2 Å². The topological polar surface area (TPSA) is 46.6 Å². The number of thioether (sulfide) groups is 1. The van der Waals surface area contributed by atoms with E-state index in [0.29, 0.717) is 6.61 Å². The molecule has 1 unspecified atom stereocenters. The lowest BCUT2D eigenvalue weighted by Gasteiger charge is -2.33. The summed E-state index contributed by atoms with van der Waals surface area (Å²) < 4.78 is 6.94. The van der Waals surface area contributed by atoms with Gasteiger partial charge in [0, 0.05) is 43.7 Å². The summed E-state index contributed by atoms with van der Waals surface area (Å²) in [7, 11) is 2.06. The van der Waals surface area contributed by atoms with Crippen molar-refractivity contribution in [2.24, 2.45) is 11.3 Å². The highest BCUT2D eigenvalue weighted by atomic mass is 127. The first-order valence-corrected chi connectivity index (χ1v) is 15.2. The van der Waals surface area contributed by atoms with Crippen molar-refractivity contribution in [2.45, 2.75) is 75.0 Å². The number of halogens is 1. The van der Waals surface area contributed by atoms with Crippen molar-refractivity contribution >= 4 is 67.4 Å². The van der Waals surface area contributed by atoms with Gasteiger partial charge < -0.3 is 9.64 Å². The SMILES string of the molecule is CSc1ccc2c(N(C)CCCCCCOC(=O)C(C)(C)C(C)CC(C)(C)I)cc(=O)sc2c1. The average Bonchev–Trinajstić information content (AvgIpc) is 2.75. The molecule has 2 rings (SSSR count). The Balaban J connectivity index is 1.76. The second kappa shape index (κ2) is 12.9. The minimum Gasteiger partial charge on any atom is -0.465 e. The van der Waals surface area contributed by atoms with E-state index in [1.807, 2.05) is 13.8 Å². The van der Waals surface area contributed by atoms with Crippen LogP contribution in [0.3, 0.4) is 0 Å². The van der Waals surface area contributed by atoms with Crippen LogP contribution in [-0.2, 0) is 9.53 Å². The van der Waals surface area contributed by atoms with Gasteiger partial charge in [0.2, 0.25) is 4.74 Å². The molecule has 0 saturated carbocycles. The molecule has 0 fully saturated rings. The molecule has 7 heteroatoms. The summed E-state index contributed by atoms with van der Waals surface area (Å²) in [6, 6.07) is 8.11. The van der Waals surface area contributed by atoms with E-state index in [2.05, 4.69) is 79.8 Å². The number of hydrogen-bond acceptors (Lipinski definition) is 6. The van der Waals surface area contributed by atoms with Crippen LogP contribution in [0.25, 0.3) is 10.1 Å². The zero-order valence-corrected chi connectivity index (χ0v) is 25.5. The van der Waals surface area contributed by atoms with Gasteiger partial charge in [-0.05, 0) is 63.8 Å². The molecule has 0 aliphatic carbocycles. The zero-order valence-electron chi connectivity index (χ0n) is 21.7. The molecule has 1 aromatic carbocycles. The van der Waals surface area contributed by atoms with Crippen LogP contribution in [0.1, 0.15) is 66.7 Å². The van der Waals surface area contributed by atoms with Crippen LogP contribution in [0.15, 0.2) is 34.0 Å². The van der Waals surface area contributed by atoms with Crippen LogP contribution < -0.4 is 9.64 Å². The third-order valence-electron chi connectivity index (χ3n) is 6.51. The van der Waals surface area contributed by atoms with Crippen molar-refractivity contribution in [3.63, 3.8) is 0 Å². The van der Waals surface area contributed by atoms with Crippen molar-refractivity contribution < 1.29 is 9.53 Å². The number of alkyl halides is 1. The monoisotopic (exact) mass is 617 g/mol. The number of benzene rings is 1. The van der Waals surface area contributed by atoms with Crippen LogP contribution in [-0.4, -0.2) is 35.8 Å². The predicted octanol–water partition coefficient (Wildman–Crippen LogP) is 7.79. The predicted molar refractivity (Wildman–Crippen MR) is 158 cm³/mol. The number of carbonyl (C=O) groups is 1. The van der Waals surface area contributed by atoms with Crippen LogP contribution >= 0.6 is 45.7 Å². The van der Waals surface area contributed by atoms with Gasteiger partial charge in [0.25, 0.3) is 0 Å². The maximum Gasteiger partial charge on any atom is 0.311 e. The standard InChI is InChI=1S/C27H40INO3S2/c1-19(18-26(2,3)28)27(4,5)25(31)32-15-11-9-8-10-14-29(6)22-17-24(30)34-23-16-20(33-7)12-13-21(22)23/h12-13,16-17,19H,8-11,14-15,18H2,1-7H3. The number of nitrogens with zero attached hydrogens (tertiary/aromatic N) is 1. The first-order chi connectivity index (χ1) is 15.8. The fourth-order valence-electron chi connectivity index (χ4n) is 4.03. The maximum atomic E-state index is 12.6. The van der Waals surface area contributed by atoms with E-state index in [-0.39, 0.29) is 20.1 Å². The van der Waals surface area contributed by atoms with Gasteiger partial charge in [0.1, 0.15) is 0 Å². The molecule has 0 amide bonds. The van der Waals surface area contributed by atoms with Crippen LogP contribution in [0.4, 0.5) is 5.69 Å². The number of ether oxygens (including phenoxy) is 1. The van der Waals surface area contributed by atoms with Gasteiger partial charge in [-0.3, -0.25) is 9.59 Å². The maximum absolute atomic E-state index is 12.6. The van der Waals surface area contributed by atoms with Crippen molar-refractivity contribution in [2.75, 3.05) is 31.4 Å². The minimum absolute atomic E-state index is 0.0875. The van der Waals surface area contributed by atoms with E-state index in [1.54, 1.807) is 17.8 Å². The molecule has 0 N–H and O–H groups in total. The molecule has 190 valence electrons. The summed E-state index contributed by atoms with van der Waals surface area (Å²) in [4.78, 5) is 28.2. The van der Waals surface area contributed by atoms with E-state index in [0.717, 1.165) is 54.4 Å². The summed E-state index contributed by atoms with van der Waals surface area (Å²) in [6.07, 6.45) is 7.05. The van der Waals surface area contributed by atoms with Gasteiger partial charge in [0.15, 0.2) is 0 Å². The number of esters is 1. The van der Waals surface area contributed by atoms with E-state index < -0.39 is 5.41 Å². The van der Waals surface area contributed by atoms with Crippen LogP contribution in [0.5, 0.6) is 0 Å². The van der Waals surface area contributed by atoms with Gasteiger partial charge in [0.05, 0.1) is 12.0 Å². The van der Waals surface area contributed by atoms with Gasteiger partial charge >= 0.3 is 5.97 Å². The van der Waals surface area contributed by atoms with Crippen molar-refractivity contribution in [1.82, 2.24) is 0 Å². The summed E-state index contributed by atoms with van der Waals surface area (Å²) in [5.41, 5.74) is 0.535. The van der Waals surface area contributed by atoms with Gasteiger partial charge in [-0.15, -0.1) is 11.8 Å². The summed E-state index contributed by atoms with van der Waals surface area (Å²) in [5.74, 6) is 0.176. The van der Waals surface area contributed by atoms with Crippen LogP contribution in [0.2, 0.25) is 0 Å². The Morgan fingerprint density at radius 1 is 1.15 bits per heavy atom. The Morgan fingerprint density at radius 2 is 1.82 bits per heavy atom. The van der Waals surface area contributed by atoms with E-state index in [1.165, 1.54) is 16.2 Å². The average molecular weight is 618 g/mol. The lowest BCUT2D eigenvalue weighted by molar-refractivity contribution is -0.157. The molecule has 0 aliphatic rings. The summed E-state index contributed by atoms with van der Waals surface area (Å²) in [5, 5.41) is 1.14. The Morgan fingerprint density at radius 3 is 2.47 bits per heavy atom. The smallest absolute Gasteiger partial charge is 0.311 e. The number of anilines is 1. The fourth-order valence-corrected chi connectivity index (χ4v) is 6.06. The summed E-state index contributed by atoms with van der Waals surface area (Å²) >= 11 is 5.45. The number of carbonyl (C=O) groups excluding carboxylic acids is 1. The first kappa shape index (κ1) is 29.4. The second-order valence-electron chi connectivity index (χ2n) is 10.3. The number of unbranched alkanes of at least 4 members (excludes halogenated alkanes) is 3. The molecular formula is C27H40INO3S2. The normalized spacial score (nSPS) is 13.2. The highest BCUT2D eigenvalue weighted by Gasteiger charge is 2.37. The third-order valence-corrected chi connectivity index (χ3v) is 8.55. The molecular weight excluding hydrogens is 577 g/mol. The number of hydrogen-bond donors (Lipinski definition) is 0. The molecule has 0 saturated heterocycles. The summed E-state index contributed by atoms with van der Waals surface area (Å²) in [6.45, 7) is 11.9. The number of rotatable bonds is 13. The molecule has 0 aliphatic heterocycles. The quantitative estimate of drug-likeness (QED) is 0.0755. The first-order valence-electron chi connectivity index (χ1n) is 12.0. The highest BCUT2D eigenvalue weighted by molar-refractivity contribution is 14.1. The van der Waals surface area contributed by atoms with E-state index in [4.69, 9.17) is 4.74 Å². The Labute approximate surface area is 227 Å². The highest BCUT2D eigenvalue weighted by Crippen LogP contribution is 2.37. The Bertz CT molecular complexity index is 1010. The van der Waals surface area contributed by atoms with Crippen LogP contribution in [0, 0.1) is 11.3 Å². The Kier molecular flexibility index (Phi) is 11.2. The minimum atomic E-state index is -0.471. The van der Waals surface area contributed by atoms with Crippen molar-refractivity contribution in [3.8, 4) is 0 Å². The Hall–Kier alpha value is -0.800. The molecule has 4 nitrogen and oxygen atoms in total. The molecule has 0 spiro atoms. The van der Waals surface area contributed by atoms with E-state index in [9.17, 15) is 9.59 Å². The van der Waals surface area contributed by atoms with Crippen molar-refractivity contribution in [1.29, 1.82) is 0 Å². The molecule has 0 radical (unpaired) electrons. The molecule has 2 aromatic rings. The largest absolute Gasteiger partial charge is 0.465 e. The fraction of sp³-hybridized carbons (Fsp3) is 0.630.